The molecule has 0 bridgehead atoms. The van der Waals surface area contributed by atoms with Gasteiger partial charge in [-0.25, -0.2) is 4.98 Å². The van der Waals surface area contributed by atoms with Crippen molar-refractivity contribution in [2.45, 2.75) is 57.3 Å². The smallest absolute Gasteiger partial charge is 0.225 e. The highest BCUT2D eigenvalue weighted by Crippen LogP contribution is 2.42. The fourth-order valence-electron chi connectivity index (χ4n) is 6.29. The Morgan fingerprint density at radius 2 is 1.81 bits per heavy atom. The number of nitrogens with zero attached hydrogens (tertiary/aromatic N) is 2. The van der Waals surface area contributed by atoms with Crippen LogP contribution in [0.5, 0.6) is 0 Å². The van der Waals surface area contributed by atoms with Gasteiger partial charge in [0.05, 0.1) is 0 Å². The van der Waals surface area contributed by atoms with Gasteiger partial charge in [0, 0.05) is 37.2 Å². The zero-order valence-corrected chi connectivity index (χ0v) is 18.7. The first-order valence-electron chi connectivity index (χ1n) is 12.2. The van der Waals surface area contributed by atoms with E-state index >= 15 is 0 Å². The van der Waals surface area contributed by atoms with Gasteiger partial charge >= 0.3 is 0 Å². The molecule has 5 rings (SSSR count). The van der Waals surface area contributed by atoms with Gasteiger partial charge in [-0.05, 0) is 86.0 Å². The number of nitrogen functional groups attached to an aromatic ring is 1. The lowest BCUT2D eigenvalue weighted by atomic mass is 9.72. The number of anilines is 1. The molecule has 1 amide bonds. The zero-order valence-electron chi connectivity index (χ0n) is 18.7. The Bertz CT molecular complexity index is 996. The van der Waals surface area contributed by atoms with Crippen molar-refractivity contribution in [3.05, 3.63) is 59.3 Å². The lowest BCUT2D eigenvalue weighted by Gasteiger charge is -2.32. The highest BCUT2D eigenvalue weighted by molar-refractivity contribution is 5.99. The first-order chi connectivity index (χ1) is 15.6. The maximum absolute atomic E-state index is 13.4. The molecule has 1 aromatic carbocycles. The van der Waals surface area contributed by atoms with Crippen LogP contribution in [0.3, 0.4) is 0 Å². The van der Waals surface area contributed by atoms with Gasteiger partial charge in [0.25, 0.3) is 0 Å². The van der Waals surface area contributed by atoms with Crippen LogP contribution in [0.2, 0.25) is 0 Å². The van der Waals surface area contributed by atoms with Crippen LogP contribution in [0.1, 0.15) is 72.3 Å². The summed E-state index contributed by atoms with van der Waals surface area (Å²) in [4.78, 5) is 32.2. The van der Waals surface area contributed by atoms with E-state index in [0.29, 0.717) is 35.9 Å². The summed E-state index contributed by atoms with van der Waals surface area (Å²) in [7, 11) is 0. The Hall–Kier alpha value is -2.69. The normalized spacial score (nSPS) is 27.9. The quantitative estimate of drug-likeness (QED) is 0.769. The molecule has 0 spiro atoms. The van der Waals surface area contributed by atoms with Crippen molar-refractivity contribution < 1.29 is 9.59 Å². The van der Waals surface area contributed by atoms with Gasteiger partial charge in [-0.15, -0.1) is 0 Å². The van der Waals surface area contributed by atoms with Gasteiger partial charge in [-0.3, -0.25) is 9.59 Å². The summed E-state index contributed by atoms with van der Waals surface area (Å²) in [5.74, 6) is 2.75. The molecule has 168 valence electrons. The largest absolute Gasteiger partial charge is 0.384 e. The molecule has 0 radical (unpaired) electrons. The van der Waals surface area contributed by atoms with E-state index in [-0.39, 0.29) is 11.7 Å². The van der Waals surface area contributed by atoms with Gasteiger partial charge in [0.1, 0.15) is 5.82 Å². The minimum atomic E-state index is 0.155. The number of carbonyl (C=O) groups is 2. The maximum atomic E-state index is 13.4. The van der Waals surface area contributed by atoms with Crippen LogP contribution in [0, 0.1) is 17.8 Å². The first-order valence-corrected chi connectivity index (χ1v) is 12.2. The average molecular weight is 432 g/mol. The molecule has 5 nitrogen and oxygen atoms in total. The third kappa shape index (κ3) is 4.30. The topological polar surface area (TPSA) is 76.3 Å². The third-order valence-corrected chi connectivity index (χ3v) is 8.03. The Morgan fingerprint density at radius 1 is 1.03 bits per heavy atom. The highest BCUT2D eigenvalue weighted by Gasteiger charge is 2.37. The van der Waals surface area contributed by atoms with Crippen LogP contribution in [-0.2, 0) is 11.2 Å². The average Bonchev–Trinajstić information content (AvgIpc) is 3.02. The zero-order chi connectivity index (χ0) is 22.1. The first kappa shape index (κ1) is 21.2. The van der Waals surface area contributed by atoms with Crippen molar-refractivity contribution in [2.75, 3.05) is 18.8 Å². The number of aromatic nitrogens is 1. The lowest BCUT2D eigenvalue weighted by molar-refractivity contribution is -0.136. The van der Waals surface area contributed by atoms with Crippen molar-refractivity contribution >= 4 is 17.5 Å². The van der Waals surface area contributed by atoms with Gasteiger partial charge in [0.2, 0.25) is 5.91 Å². The van der Waals surface area contributed by atoms with E-state index in [1.165, 1.54) is 11.1 Å². The fourth-order valence-corrected chi connectivity index (χ4v) is 6.29. The molecule has 5 heteroatoms. The SMILES string of the molecule is Nc1cc(CC2CCC(C(=O)N3CCC4CC(=O)c5ccccc5C4CC3)CC2)ccn1. The number of pyridine rings is 1. The molecule has 2 atom stereocenters. The predicted octanol–water partition coefficient (Wildman–Crippen LogP) is 4.62. The Balaban J connectivity index is 1.18. The van der Waals surface area contributed by atoms with Gasteiger partial charge in [-0.1, -0.05) is 24.3 Å². The van der Waals surface area contributed by atoms with E-state index < -0.39 is 0 Å². The van der Waals surface area contributed by atoms with Crippen molar-refractivity contribution in [2.24, 2.45) is 17.8 Å². The number of ketones is 1. The number of benzene rings is 1. The van der Waals surface area contributed by atoms with E-state index in [1.54, 1.807) is 6.20 Å². The molecule has 2 unspecified atom stereocenters. The number of hydrogen-bond acceptors (Lipinski definition) is 4. The van der Waals surface area contributed by atoms with Gasteiger partial charge in [0.15, 0.2) is 5.78 Å². The molecule has 1 aliphatic heterocycles. The number of rotatable bonds is 3. The third-order valence-electron chi connectivity index (χ3n) is 8.03. The molecule has 2 aliphatic carbocycles. The summed E-state index contributed by atoms with van der Waals surface area (Å²) in [6.45, 7) is 1.62. The summed E-state index contributed by atoms with van der Waals surface area (Å²) in [6, 6.07) is 12.1. The van der Waals surface area contributed by atoms with Crippen molar-refractivity contribution in [1.29, 1.82) is 0 Å². The molecule has 2 fully saturated rings. The number of nitrogens with two attached hydrogens (primary N) is 1. The molecule has 2 aromatic rings. The molecule has 32 heavy (non-hydrogen) atoms. The molecular weight excluding hydrogens is 398 g/mol. The monoisotopic (exact) mass is 431 g/mol. The van der Waals surface area contributed by atoms with Gasteiger partial charge in [-0.2, -0.15) is 0 Å². The molecule has 1 saturated carbocycles. The second-order valence-corrected chi connectivity index (χ2v) is 9.99. The van der Waals surface area contributed by atoms with E-state index in [4.69, 9.17) is 5.73 Å². The molecular formula is C27H33N3O2. The van der Waals surface area contributed by atoms with E-state index in [2.05, 4.69) is 16.0 Å². The van der Waals surface area contributed by atoms with E-state index in [1.807, 2.05) is 30.3 Å². The number of amides is 1. The van der Waals surface area contributed by atoms with E-state index in [9.17, 15) is 9.59 Å². The van der Waals surface area contributed by atoms with Crippen LogP contribution in [0.15, 0.2) is 42.6 Å². The summed E-state index contributed by atoms with van der Waals surface area (Å²) in [5, 5.41) is 0. The molecule has 2 heterocycles. The number of carbonyl (C=O) groups excluding carboxylic acids is 2. The van der Waals surface area contributed by atoms with Crippen LogP contribution in [0.25, 0.3) is 0 Å². The van der Waals surface area contributed by atoms with Crippen molar-refractivity contribution in [3.8, 4) is 0 Å². The molecule has 3 aliphatic rings. The van der Waals surface area contributed by atoms with Crippen molar-refractivity contribution in [3.63, 3.8) is 0 Å². The number of likely N-dealkylation sites (tertiary alicyclic amines) is 1. The minimum Gasteiger partial charge on any atom is -0.384 e. The minimum absolute atomic E-state index is 0.155. The molecule has 2 N–H and O–H groups in total. The van der Waals surface area contributed by atoms with Crippen LogP contribution < -0.4 is 5.73 Å². The number of fused-ring (bicyclic) bond motifs is 3. The summed E-state index contributed by atoms with van der Waals surface area (Å²) >= 11 is 0. The highest BCUT2D eigenvalue weighted by atomic mass is 16.2. The number of hydrogen-bond donors (Lipinski definition) is 1. The molecule has 1 saturated heterocycles. The lowest BCUT2D eigenvalue weighted by Crippen LogP contribution is -2.38. The van der Waals surface area contributed by atoms with E-state index in [0.717, 1.165) is 63.6 Å². The predicted molar refractivity (Wildman–Crippen MR) is 125 cm³/mol. The van der Waals surface area contributed by atoms with Gasteiger partial charge < -0.3 is 10.6 Å². The second kappa shape index (κ2) is 9.05. The second-order valence-electron chi connectivity index (χ2n) is 9.99. The Morgan fingerprint density at radius 3 is 2.62 bits per heavy atom. The standard InChI is InChI=1S/C27H33N3O2/c28-26-16-19(9-12-29-26)15-18-5-7-20(8-6-18)27(32)30-13-10-21-17-25(31)24-4-2-1-3-23(24)22(21)11-14-30/h1-4,9,12,16,18,20-22H,5-8,10-11,13-15,17H2,(H2,28,29). The van der Waals surface area contributed by atoms with Crippen LogP contribution >= 0.6 is 0 Å². The fraction of sp³-hybridized carbons (Fsp3) is 0.519. The molecule has 1 aromatic heterocycles. The van der Waals surface area contributed by atoms with Crippen molar-refractivity contribution in [1.82, 2.24) is 9.88 Å². The summed E-state index contributed by atoms with van der Waals surface area (Å²) in [5.41, 5.74) is 9.18. The maximum Gasteiger partial charge on any atom is 0.225 e. The Kier molecular flexibility index (Phi) is 5.99. The Labute approximate surface area is 190 Å². The summed E-state index contributed by atoms with van der Waals surface area (Å²) in [6.07, 6.45) is 9.50. The van der Waals surface area contributed by atoms with Crippen LogP contribution in [0.4, 0.5) is 5.82 Å². The summed E-state index contributed by atoms with van der Waals surface area (Å²) < 4.78 is 0. The van der Waals surface area contributed by atoms with Crippen LogP contribution in [-0.4, -0.2) is 34.7 Å². The number of Topliss-reactive ketones (excluding diaryl/α,β-unsaturated/α-hetero) is 1.